The van der Waals surface area contributed by atoms with Gasteiger partial charge in [0.15, 0.2) is 0 Å². The van der Waals surface area contributed by atoms with Gasteiger partial charge >= 0.3 is 12.1 Å². The molecule has 4 fully saturated rings. The third kappa shape index (κ3) is 4.20. The van der Waals surface area contributed by atoms with Crippen LogP contribution in [-0.4, -0.2) is 53.7 Å². The van der Waals surface area contributed by atoms with Gasteiger partial charge in [0.25, 0.3) is 5.91 Å². The van der Waals surface area contributed by atoms with Crippen LogP contribution >= 0.6 is 11.3 Å². The molecular weight excluding hydrogens is 369 g/mol. The zero-order chi connectivity index (χ0) is 19.1. The van der Waals surface area contributed by atoms with Crippen LogP contribution in [-0.2, 0) is 4.79 Å². The first-order valence-corrected chi connectivity index (χ1v) is 9.35. The third-order valence-corrected chi connectivity index (χ3v) is 6.29. The van der Waals surface area contributed by atoms with Crippen LogP contribution in [0.5, 0.6) is 0 Å². The minimum Gasteiger partial charge on any atom is -0.475 e. The Morgan fingerprint density at radius 3 is 2.19 bits per heavy atom. The monoisotopic (exact) mass is 390 g/mol. The van der Waals surface area contributed by atoms with E-state index < -0.39 is 12.1 Å². The number of hydrogen-bond acceptors (Lipinski definition) is 4. The Bertz CT molecular complexity index is 661. The lowest BCUT2D eigenvalue weighted by Gasteiger charge is -2.55. The highest BCUT2D eigenvalue weighted by Gasteiger charge is 2.47. The van der Waals surface area contributed by atoms with E-state index in [2.05, 4.69) is 17.1 Å². The fourth-order valence-electron chi connectivity index (χ4n) is 4.42. The standard InChI is InChI=1S/C15H20N2OS.C2HF3O2/c1-9-2-3-13(19-9)15(18)16-14-11-4-10-5-12(14)8-17(6-10)7-11;3-2(4,5)1(6)7/h2-3,10-12,14H,4-8H2,1H3,(H,16,18);(H,6,7). The number of aryl methyl sites for hydroxylation is 1. The maximum Gasteiger partial charge on any atom is 0.490 e. The van der Waals surface area contributed by atoms with Crippen molar-refractivity contribution < 1.29 is 27.9 Å². The van der Waals surface area contributed by atoms with E-state index in [-0.39, 0.29) is 5.91 Å². The molecule has 4 aliphatic rings. The number of amides is 1. The van der Waals surface area contributed by atoms with Crippen LogP contribution in [0.2, 0.25) is 0 Å². The molecule has 1 amide bonds. The zero-order valence-electron chi connectivity index (χ0n) is 14.3. The summed E-state index contributed by atoms with van der Waals surface area (Å²) in [5, 5.41) is 10.5. The highest BCUT2D eigenvalue weighted by atomic mass is 32.1. The molecule has 2 unspecified atom stereocenters. The third-order valence-electron chi connectivity index (χ3n) is 5.29. The average molecular weight is 390 g/mol. The number of halogens is 3. The molecule has 0 radical (unpaired) electrons. The topological polar surface area (TPSA) is 69.6 Å². The normalized spacial score (nSPS) is 31.9. The molecule has 9 heteroatoms. The summed E-state index contributed by atoms with van der Waals surface area (Å²) in [5.74, 6) is -0.333. The molecule has 3 saturated heterocycles. The van der Waals surface area contributed by atoms with Gasteiger partial charge in [-0.3, -0.25) is 4.79 Å². The van der Waals surface area contributed by atoms with Crippen LogP contribution < -0.4 is 5.32 Å². The smallest absolute Gasteiger partial charge is 0.475 e. The molecule has 2 atom stereocenters. The number of piperidine rings is 3. The van der Waals surface area contributed by atoms with Gasteiger partial charge in [-0.2, -0.15) is 13.2 Å². The van der Waals surface area contributed by atoms with Gasteiger partial charge in [-0.25, -0.2) is 4.79 Å². The van der Waals surface area contributed by atoms with E-state index in [0.717, 1.165) is 10.8 Å². The van der Waals surface area contributed by atoms with Crippen molar-refractivity contribution in [2.45, 2.75) is 32.0 Å². The van der Waals surface area contributed by atoms with Crippen molar-refractivity contribution in [2.24, 2.45) is 17.8 Å². The van der Waals surface area contributed by atoms with Crippen molar-refractivity contribution in [1.82, 2.24) is 10.2 Å². The first-order chi connectivity index (χ1) is 12.1. The Morgan fingerprint density at radius 1 is 1.19 bits per heavy atom. The summed E-state index contributed by atoms with van der Waals surface area (Å²) in [6.45, 7) is 5.75. The predicted molar refractivity (Wildman–Crippen MR) is 90.1 cm³/mol. The molecule has 4 heterocycles. The second kappa shape index (κ2) is 7.19. The van der Waals surface area contributed by atoms with E-state index in [4.69, 9.17) is 9.90 Å². The number of alkyl halides is 3. The molecular formula is C17H21F3N2O3S. The van der Waals surface area contributed by atoms with Crippen molar-refractivity contribution in [3.05, 3.63) is 21.9 Å². The molecule has 26 heavy (non-hydrogen) atoms. The van der Waals surface area contributed by atoms with Crippen molar-refractivity contribution in [1.29, 1.82) is 0 Å². The number of hydrogen-bond donors (Lipinski definition) is 2. The average Bonchev–Trinajstić information content (AvgIpc) is 2.96. The van der Waals surface area contributed by atoms with E-state index in [1.54, 1.807) is 11.3 Å². The van der Waals surface area contributed by atoms with Crippen molar-refractivity contribution in [2.75, 3.05) is 19.6 Å². The van der Waals surface area contributed by atoms with Gasteiger partial charge in [0.1, 0.15) is 0 Å². The van der Waals surface area contributed by atoms with E-state index >= 15 is 0 Å². The molecule has 1 aliphatic carbocycles. The lowest BCUT2D eigenvalue weighted by molar-refractivity contribution is -0.192. The number of rotatable bonds is 2. The van der Waals surface area contributed by atoms with Gasteiger partial charge in [-0.05, 0) is 49.7 Å². The Labute approximate surface area is 153 Å². The minimum atomic E-state index is -5.08. The Hall–Kier alpha value is -1.61. The number of carboxylic acids is 1. The molecule has 0 spiro atoms. The number of nitrogens with zero attached hydrogens (tertiary/aromatic N) is 1. The van der Waals surface area contributed by atoms with Gasteiger partial charge in [0.2, 0.25) is 0 Å². The van der Waals surface area contributed by atoms with Crippen molar-refractivity contribution in [3.8, 4) is 0 Å². The highest BCUT2D eigenvalue weighted by molar-refractivity contribution is 7.13. The van der Waals surface area contributed by atoms with Crippen molar-refractivity contribution >= 4 is 23.2 Å². The molecule has 3 aliphatic heterocycles. The van der Waals surface area contributed by atoms with Gasteiger partial charge in [0, 0.05) is 30.6 Å². The molecule has 1 saturated carbocycles. The Morgan fingerprint density at radius 2 is 1.77 bits per heavy atom. The lowest BCUT2D eigenvalue weighted by Crippen LogP contribution is -2.64. The van der Waals surface area contributed by atoms with Crippen LogP contribution in [0.1, 0.15) is 27.4 Å². The van der Waals surface area contributed by atoms with Gasteiger partial charge < -0.3 is 15.3 Å². The number of nitrogens with one attached hydrogen (secondary N) is 1. The largest absolute Gasteiger partial charge is 0.490 e. The highest BCUT2D eigenvalue weighted by Crippen LogP contribution is 2.43. The predicted octanol–water partition coefficient (Wildman–Crippen LogP) is 2.76. The molecule has 0 aromatic carbocycles. The Kier molecular flexibility index (Phi) is 5.30. The zero-order valence-corrected chi connectivity index (χ0v) is 15.1. The molecule has 1 aromatic rings. The minimum absolute atomic E-state index is 0.144. The molecule has 4 bridgehead atoms. The first kappa shape index (κ1) is 19.2. The molecule has 5 nitrogen and oxygen atoms in total. The van der Waals surface area contributed by atoms with Crippen LogP contribution in [0.4, 0.5) is 13.2 Å². The summed E-state index contributed by atoms with van der Waals surface area (Å²) < 4.78 is 31.7. The number of aliphatic carboxylic acids is 1. The Balaban J connectivity index is 0.000000242. The second-order valence-corrected chi connectivity index (χ2v) is 8.58. The summed E-state index contributed by atoms with van der Waals surface area (Å²) in [4.78, 5) is 25.9. The fraction of sp³-hybridized carbons (Fsp3) is 0.647. The molecule has 2 N–H and O–H groups in total. The van der Waals surface area contributed by atoms with Gasteiger partial charge in [0.05, 0.1) is 4.88 Å². The van der Waals surface area contributed by atoms with Gasteiger partial charge in [-0.1, -0.05) is 0 Å². The van der Waals surface area contributed by atoms with E-state index in [0.29, 0.717) is 17.9 Å². The summed E-state index contributed by atoms with van der Waals surface area (Å²) in [6.07, 6.45) is -2.44. The first-order valence-electron chi connectivity index (χ1n) is 8.53. The summed E-state index contributed by atoms with van der Waals surface area (Å²) in [7, 11) is 0. The summed E-state index contributed by atoms with van der Waals surface area (Å²) >= 11 is 1.60. The molecule has 1 aromatic heterocycles. The van der Waals surface area contributed by atoms with Crippen LogP contribution in [0.3, 0.4) is 0 Å². The number of carboxylic acid groups (broad SMARTS) is 1. The number of carbonyl (C=O) groups excluding carboxylic acids is 1. The van der Waals surface area contributed by atoms with Crippen molar-refractivity contribution in [3.63, 3.8) is 0 Å². The number of thiophene rings is 1. The molecule has 5 rings (SSSR count). The summed E-state index contributed by atoms with van der Waals surface area (Å²) in [6, 6.07) is 4.40. The van der Waals surface area contributed by atoms with E-state index in [1.165, 1.54) is 37.4 Å². The fourth-order valence-corrected chi connectivity index (χ4v) is 5.19. The van der Waals surface area contributed by atoms with E-state index in [9.17, 15) is 18.0 Å². The number of carbonyl (C=O) groups is 2. The maximum atomic E-state index is 12.3. The van der Waals surface area contributed by atoms with E-state index in [1.807, 2.05) is 12.1 Å². The summed E-state index contributed by atoms with van der Waals surface area (Å²) in [5.41, 5.74) is 0. The van der Waals surface area contributed by atoms with Crippen LogP contribution in [0, 0.1) is 24.7 Å². The quantitative estimate of drug-likeness (QED) is 0.815. The van der Waals surface area contributed by atoms with Crippen LogP contribution in [0.25, 0.3) is 0 Å². The van der Waals surface area contributed by atoms with Crippen LogP contribution in [0.15, 0.2) is 12.1 Å². The second-order valence-electron chi connectivity index (χ2n) is 7.29. The lowest BCUT2D eigenvalue weighted by atomic mass is 9.65. The molecule has 144 valence electrons. The SMILES string of the molecule is Cc1ccc(C(=O)NC2C3CC4CC2CN(C4)C3)s1.O=C(O)C(F)(F)F. The maximum absolute atomic E-state index is 12.3. The van der Waals surface area contributed by atoms with Gasteiger partial charge in [-0.15, -0.1) is 11.3 Å².